The maximum absolute atomic E-state index is 11.2. The van der Waals surface area contributed by atoms with Crippen molar-refractivity contribution in [3.8, 4) is 39.1 Å². The second-order valence-corrected chi connectivity index (χ2v) is 7.53. The van der Waals surface area contributed by atoms with E-state index in [9.17, 15) is 15.0 Å². The van der Waals surface area contributed by atoms with Crippen LogP contribution in [0, 0.1) is 13.8 Å². The molecule has 0 saturated carbocycles. The number of benzene rings is 4. The lowest BCUT2D eigenvalue weighted by molar-refractivity contribution is 0.0697. The van der Waals surface area contributed by atoms with Gasteiger partial charge in [0.1, 0.15) is 5.75 Å². The second kappa shape index (κ2) is 7.88. The zero-order chi connectivity index (χ0) is 21.3. The van der Waals surface area contributed by atoms with Crippen molar-refractivity contribution in [3.05, 3.63) is 102 Å². The van der Waals surface area contributed by atoms with Crippen LogP contribution in [0.3, 0.4) is 0 Å². The second-order valence-electron chi connectivity index (χ2n) is 7.53. The summed E-state index contributed by atoms with van der Waals surface area (Å²) in [7, 11) is 0. The fourth-order valence-electron chi connectivity index (χ4n) is 3.51. The molecular formula is C27H22O3. The summed E-state index contributed by atoms with van der Waals surface area (Å²) in [6.45, 7) is 4.08. The molecule has 4 aromatic rings. The van der Waals surface area contributed by atoms with Crippen molar-refractivity contribution >= 4 is 5.97 Å². The lowest BCUT2D eigenvalue weighted by atomic mass is 9.91. The molecular weight excluding hydrogens is 372 g/mol. The molecule has 0 unspecified atom stereocenters. The molecule has 30 heavy (non-hydrogen) atoms. The number of aryl methyl sites for hydroxylation is 2. The fourth-order valence-corrected chi connectivity index (χ4v) is 3.51. The van der Waals surface area contributed by atoms with Crippen molar-refractivity contribution in [3.63, 3.8) is 0 Å². The summed E-state index contributed by atoms with van der Waals surface area (Å²) in [5, 5.41) is 20.3. The quantitative estimate of drug-likeness (QED) is 0.404. The van der Waals surface area contributed by atoms with Gasteiger partial charge in [-0.2, -0.15) is 0 Å². The predicted octanol–water partition coefficient (Wildman–Crippen LogP) is 6.71. The normalized spacial score (nSPS) is 10.7. The van der Waals surface area contributed by atoms with E-state index in [-0.39, 0.29) is 11.3 Å². The van der Waals surface area contributed by atoms with Gasteiger partial charge in [0.2, 0.25) is 0 Å². The van der Waals surface area contributed by atoms with Crippen molar-refractivity contribution in [1.82, 2.24) is 0 Å². The summed E-state index contributed by atoms with van der Waals surface area (Å²) in [6.07, 6.45) is 0. The van der Waals surface area contributed by atoms with E-state index in [0.29, 0.717) is 5.56 Å². The van der Waals surface area contributed by atoms with E-state index in [2.05, 4.69) is 24.3 Å². The highest BCUT2D eigenvalue weighted by Crippen LogP contribution is 2.42. The van der Waals surface area contributed by atoms with Gasteiger partial charge < -0.3 is 10.2 Å². The number of carboxylic acid groups (broad SMARTS) is 1. The first-order valence-corrected chi connectivity index (χ1v) is 9.77. The van der Waals surface area contributed by atoms with Gasteiger partial charge in [-0.3, -0.25) is 0 Å². The highest BCUT2D eigenvalue weighted by atomic mass is 16.4. The van der Waals surface area contributed by atoms with Crippen LogP contribution in [0.5, 0.6) is 5.75 Å². The Hall–Kier alpha value is -3.85. The van der Waals surface area contributed by atoms with Crippen LogP contribution in [0.1, 0.15) is 21.5 Å². The van der Waals surface area contributed by atoms with Crippen molar-refractivity contribution in [2.75, 3.05) is 0 Å². The van der Waals surface area contributed by atoms with Crippen LogP contribution in [0.15, 0.2) is 84.9 Å². The van der Waals surface area contributed by atoms with E-state index in [1.54, 1.807) is 24.3 Å². The summed E-state index contributed by atoms with van der Waals surface area (Å²) in [5.41, 5.74) is 7.68. The molecule has 0 aliphatic rings. The first-order valence-electron chi connectivity index (χ1n) is 9.77. The van der Waals surface area contributed by atoms with Gasteiger partial charge in [-0.1, -0.05) is 71.8 Å². The molecule has 0 radical (unpaired) electrons. The van der Waals surface area contributed by atoms with Crippen molar-refractivity contribution < 1.29 is 15.0 Å². The molecule has 4 rings (SSSR count). The van der Waals surface area contributed by atoms with Gasteiger partial charge in [-0.15, -0.1) is 0 Å². The van der Waals surface area contributed by atoms with Gasteiger partial charge >= 0.3 is 5.97 Å². The molecule has 0 fully saturated rings. The van der Waals surface area contributed by atoms with E-state index >= 15 is 0 Å². The Labute approximate surface area is 175 Å². The van der Waals surface area contributed by atoms with Crippen LogP contribution in [0.4, 0.5) is 0 Å². The van der Waals surface area contributed by atoms with Crippen LogP contribution < -0.4 is 0 Å². The molecule has 3 nitrogen and oxygen atoms in total. The third-order valence-corrected chi connectivity index (χ3v) is 5.30. The van der Waals surface area contributed by atoms with Crippen LogP contribution in [0.25, 0.3) is 33.4 Å². The Kier molecular flexibility index (Phi) is 5.11. The molecule has 2 N–H and O–H groups in total. The summed E-state index contributed by atoms with van der Waals surface area (Å²) in [5.74, 6) is -0.794. The molecule has 0 aliphatic carbocycles. The number of carboxylic acids is 1. The zero-order valence-electron chi connectivity index (χ0n) is 16.9. The van der Waals surface area contributed by atoms with Gasteiger partial charge in [0.15, 0.2) is 0 Å². The topological polar surface area (TPSA) is 57.5 Å². The monoisotopic (exact) mass is 394 g/mol. The molecule has 3 heteroatoms. The van der Waals surface area contributed by atoms with Gasteiger partial charge in [0.25, 0.3) is 0 Å². The van der Waals surface area contributed by atoms with Gasteiger partial charge in [-0.05, 0) is 60.4 Å². The minimum absolute atomic E-state index is 0.179. The Morgan fingerprint density at radius 3 is 1.43 bits per heavy atom. The molecule has 0 bridgehead atoms. The largest absolute Gasteiger partial charge is 0.507 e. The molecule has 0 aromatic heterocycles. The van der Waals surface area contributed by atoms with E-state index in [0.717, 1.165) is 33.4 Å². The van der Waals surface area contributed by atoms with E-state index < -0.39 is 5.97 Å². The highest BCUT2D eigenvalue weighted by molar-refractivity contribution is 5.90. The van der Waals surface area contributed by atoms with Crippen LogP contribution in [0.2, 0.25) is 0 Å². The van der Waals surface area contributed by atoms with Crippen LogP contribution in [-0.2, 0) is 0 Å². The van der Waals surface area contributed by atoms with Crippen LogP contribution in [-0.4, -0.2) is 16.2 Å². The number of phenols is 1. The van der Waals surface area contributed by atoms with Gasteiger partial charge in [0, 0.05) is 11.1 Å². The summed E-state index contributed by atoms with van der Waals surface area (Å²) < 4.78 is 0. The smallest absolute Gasteiger partial charge is 0.335 e. The molecule has 0 aliphatic heterocycles. The predicted molar refractivity (Wildman–Crippen MR) is 121 cm³/mol. The van der Waals surface area contributed by atoms with Crippen molar-refractivity contribution in [2.45, 2.75) is 13.8 Å². The minimum atomic E-state index is -0.973. The summed E-state index contributed by atoms with van der Waals surface area (Å²) in [4.78, 5) is 11.2. The number of aromatic hydroxyl groups is 1. The number of hydrogen-bond donors (Lipinski definition) is 2. The molecule has 0 heterocycles. The highest BCUT2D eigenvalue weighted by Gasteiger charge is 2.15. The summed E-state index contributed by atoms with van der Waals surface area (Å²) >= 11 is 0. The van der Waals surface area contributed by atoms with E-state index in [1.165, 1.54) is 5.56 Å². The Morgan fingerprint density at radius 1 is 0.600 bits per heavy atom. The average molecular weight is 394 g/mol. The molecule has 4 aromatic carbocycles. The van der Waals surface area contributed by atoms with E-state index in [1.807, 2.05) is 50.2 Å². The molecule has 0 atom stereocenters. The van der Waals surface area contributed by atoms with Crippen molar-refractivity contribution in [2.24, 2.45) is 0 Å². The Bertz CT molecular complexity index is 1200. The number of aromatic carboxylic acids is 1. The number of hydrogen-bond acceptors (Lipinski definition) is 2. The maximum Gasteiger partial charge on any atom is 0.335 e. The number of phenolic OH excluding ortho intramolecular Hbond substituents is 1. The number of rotatable bonds is 4. The third kappa shape index (κ3) is 3.83. The summed E-state index contributed by atoms with van der Waals surface area (Å²) in [6, 6.07) is 26.8. The minimum Gasteiger partial charge on any atom is -0.507 e. The third-order valence-electron chi connectivity index (χ3n) is 5.30. The molecule has 0 amide bonds. The lowest BCUT2D eigenvalue weighted by Crippen LogP contribution is -1.95. The molecule has 0 saturated heterocycles. The van der Waals surface area contributed by atoms with Crippen LogP contribution >= 0.6 is 0 Å². The standard InChI is InChI=1S/C27H22O3/c1-17-3-7-19(8-4-17)23-15-24(20-9-5-18(2)6-10-20)26(28)25(16-23)21-11-13-22(14-12-21)27(29)30/h3-16,28H,1-2H3,(H,29,30). The molecule has 148 valence electrons. The van der Waals surface area contributed by atoms with E-state index in [4.69, 9.17) is 0 Å². The Morgan fingerprint density at radius 2 is 1.00 bits per heavy atom. The first kappa shape index (κ1) is 19.5. The maximum atomic E-state index is 11.2. The average Bonchev–Trinajstić information content (AvgIpc) is 2.75. The molecule has 0 spiro atoms. The lowest BCUT2D eigenvalue weighted by Gasteiger charge is -2.15. The Balaban J connectivity index is 1.92. The first-order chi connectivity index (χ1) is 14.4. The van der Waals surface area contributed by atoms with Gasteiger partial charge in [-0.25, -0.2) is 4.79 Å². The van der Waals surface area contributed by atoms with Gasteiger partial charge in [0.05, 0.1) is 5.56 Å². The SMILES string of the molecule is Cc1ccc(-c2cc(-c3ccc(C)cc3)c(O)c(-c3ccc(C(=O)O)cc3)c2)cc1. The zero-order valence-corrected chi connectivity index (χ0v) is 16.9. The number of carbonyl (C=O) groups is 1. The van der Waals surface area contributed by atoms with Crippen molar-refractivity contribution in [1.29, 1.82) is 0 Å². The fraction of sp³-hybridized carbons (Fsp3) is 0.0741.